The summed E-state index contributed by atoms with van der Waals surface area (Å²) >= 11 is 47.9. The van der Waals surface area contributed by atoms with E-state index in [1.165, 1.54) is 36.4 Å². The number of pyridine rings is 4. The van der Waals surface area contributed by atoms with Crippen molar-refractivity contribution in [3.05, 3.63) is 208 Å². The fourth-order valence-corrected chi connectivity index (χ4v) is 10.1. The molecule has 11 rings (SSSR count). The smallest absolute Gasteiger partial charge is 0.354 e. The third-order valence-electron chi connectivity index (χ3n) is 12.2. The number of aryl methyl sites for hydroxylation is 1. The number of aromatic amines is 1. The lowest BCUT2D eigenvalue weighted by Gasteiger charge is -2.12. The molecule has 0 atom stereocenters. The molecule has 0 bridgehead atoms. The molecule has 0 aliphatic rings. The van der Waals surface area contributed by atoms with E-state index in [0.717, 1.165) is 17.0 Å². The summed E-state index contributed by atoms with van der Waals surface area (Å²) in [5.41, 5.74) is 3.66. The average Bonchev–Trinajstić information content (AvgIpc) is 1.30. The second kappa shape index (κ2) is 28.6. The summed E-state index contributed by atoms with van der Waals surface area (Å²) < 4.78 is 7.63. The second-order valence-corrected chi connectivity index (χ2v) is 21.4. The molecule has 0 radical (unpaired) electrons. The lowest BCUT2D eigenvalue weighted by Crippen LogP contribution is -2.26. The number of H-pyrrole nitrogens is 1. The number of hydrogen-bond donors (Lipinski definition) is 8. The molecular formula is C58H42Cl8N10O10. The molecule has 11 aromatic rings. The minimum atomic E-state index is -1.18. The van der Waals surface area contributed by atoms with Crippen LogP contribution in [0.4, 0.5) is 0 Å². The normalized spacial score (nSPS) is 10.8. The number of phenolic OH excluding ortho intramolecular Hbond substituents is 3. The standard InChI is InChI=1S/C17H11Cl2NO3.C16H14Cl2N4O2.C15H12Cl2N4O2.C10H5Cl2NO3/c18-12-8-13(19)16(23-9-10-4-2-1-3-5-10)15-11(12)6-7-14(20-15)17(21)22;1-22-7-9(20-8-22)4-5-19-16(24)13-3-2-10-11(17)6-12(18)15(23)14(10)21-13;16-10-5-11(17)14(22)13-9(10)1-2-12(21-13)15(23)19-4-3-8-6-18-7-20-8;11-5-3-6(12)9(14)8-4(5)1-2-7(13-8)10(15)16/h1-8H,9H2,(H,21,22);2-3,6-8,23H,4-5H2,1H3,(H,19,24);1-2,5-7,22H,3-4H2,(H,18,20)(H,19,23);1-3,14H,(H,15,16). The minimum Gasteiger partial charge on any atom is -0.504 e. The van der Waals surface area contributed by atoms with Gasteiger partial charge in [-0.25, -0.2) is 39.5 Å². The summed E-state index contributed by atoms with van der Waals surface area (Å²) in [6.45, 7) is 1.15. The summed E-state index contributed by atoms with van der Waals surface area (Å²) in [6.07, 6.45) is 8.12. The van der Waals surface area contributed by atoms with Crippen molar-refractivity contribution in [2.45, 2.75) is 19.4 Å². The average molecular weight is 1320 g/mol. The van der Waals surface area contributed by atoms with Gasteiger partial charge < -0.3 is 50.5 Å². The minimum absolute atomic E-state index is 0.0348. The fourth-order valence-electron chi connectivity index (χ4n) is 7.97. The van der Waals surface area contributed by atoms with Crippen molar-refractivity contribution >= 4 is 160 Å². The predicted octanol–water partition coefficient (Wildman–Crippen LogP) is 13.7. The topological polar surface area (TPSA) is 301 Å². The zero-order chi connectivity index (χ0) is 61.9. The highest BCUT2D eigenvalue weighted by Gasteiger charge is 2.19. The summed E-state index contributed by atoms with van der Waals surface area (Å²) in [5, 5.41) is 57.1. The summed E-state index contributed by atoms with van der Waals surface area (Å²) in [6, 6.07) is 27.5. The number of benzene rings is 5. The molecule has 86 heavy (non-hydrogen) atoms. The summed E-state index contributed by atoms with van der Waals surface area (Å²) in [7, 11) is 1.89. The Hall–Kier alpha value is -8.44. The van der Waals surface area contributed by atoms with Gasteiger partial charge in [0.1, 0.15) is 51.4 Å². The van der Waals surface area contributed by atoms with Crippen LogP contribution in [-0.4, -0.2) is 102 Å². The number of halogens is 8. The van der Waals surface area contributed by atoms with Gasteiger partial charge in [-0.15, -0.1) is 0 Å². The van der Waals surface area contributed by atoms with Crippen molar-refractivity contribution < 1.29 is 49.4 Å². The molecule has 0 aliphatic carbocycles. The van der Waals surface area contributed by atoms with Crippen LogP contribution in [0.1, 0.15) is 58.9 Å². The number of imidazole rings is 2. The van der Waals surface area contributed by atoms with E-state index in [9.17, 15) is 34.5 Å². The van der Waals surface area contributed by atoms with E-state index in [0.29, 0.717) is 78.8 Å². The Labute approximate surface area is 526 Å². The molecule has 0 fully saturated rings. The number of rotatable bonds is 13. The molecule has 0 unspecified atom stereocenters. The molecule has 440 valence electrons. The van der Waals surface area contributed by atoms with Crippen LogP contribution >= 0.6 is 92.8 Å². The van der Waals surface area contributed by atoms with Gasteiger partial charge in [-0.2, -0.15) is 0 Å². The van der Waals surface area contributed by atoms with Crippen LogP contribution in [0, 0.1) is 0 Å². The number of amides is 2. The molecule has 20 nitrogen and oxygen atoms in total. The Morgan fingerprint density at radius 2 is 0.953 bits per heavy atom. The molecule has 2 amide bonds. The highest BCUT2D eigenvalue weighted by Crippen LogP contribution is 2.40. The maximum absolute atomic E-state index is 12.2. The third kappa shape index (κ3) is 15.5. The maximum atomic E-state index is 12.2. The Kier molecular flexibility index (Phi) is 21.2. The van der Waals surface area contributed by atoms with Crippen LogP contribution in [0.25, 0.3) is 43.6 Å². The van der Waals surface area contributed by atoms with E-state index in [1.807, 2.05) is 48.1 Å². The van der Waals surface area contributed by atoms with Crippen LogP contribution in [0.5, 0.6) is 23.0 Å². The van der Waals surface area contributed by atoms with Gasteiger partial charge in [0.05, 0.1) is 58.5 Å². The number of nitrogens with one attached hydrogen (secondary N) is 3. The van der Waals surface area contributed by atoms with Gasteiger partial charge in [-0.1, -0.05) is 123 Å². The first-order valence-electron chi connectivity index (χ1n) is 24.9. The van der Waals surface area contributed by atoms with Crippen LogP contribution in [0.3, 0.4) is 0 Å². The highest BCUT2D eigenvalue weighted by atomic mass is 35.5. The fraction of sp³-hybridized carbons (Fsp3) is 0.103. The first kappa shape index (κ1) is 63.6. The molecule has 8 N–H and O–H groups in total. The third-order valence-corrected chi connectivity index (χ3v) is 14.6. The van der Waals surface area contributed by atoms with Crippen LogP contribution in [0.15, 0.2) is 128 Å². The molecule has 28 heteroatoms. The van der Waals surface area contributed by atoms with E-state index >= 15 is 0 Å². The van der Waals surface area contributed by atoms with E-state index in [2.05, 4.69) is 45.5 Å². The van der Waals surface area contributed by atoms with Gasteiger partial charge in [0.15, 0.2) is 23.0 Å². The van der Waals surface area contributed by atoms with Gasteiger partial charge in [-0.3, -0.25) is 9.59 Å². The molecule has 6 aromatic heterocycles. The molecule has 5 aromatic carbocycles. The Morgan fingerprint density at radius 1 is 0.535 bits per heavy atom. The molecule has 0 aliphatic heterocycles. The number of carbonyl (C=O) groups is 4. The van der Waals surface area contributed by atoms with E-state index in [1.54, 1.807) is 55.2 Å². The number of nitrogens with zero attached hydrogens (tertiary/aromatic N) is 7. The van der Waals surface area contributed by atoms with Crippen LogP contribution in [0.2, 0.25) is 40.2 Å². The number of aromatic carboxylic acids is 2. The number of carboxylic acid groups (broad SMARTS) is 2. The lowest BCUT2D eigenvalue weighted by atomic mass is 10.2. The van der Waals surface area contributed by atoms with Gasteiger partial charge in [0.2, 0.25) is 0 Å². The largest absolute Gasteiger partial charge is 0.504 e. The van der Waals surface area contributed by atoms with Crippen molar-refractivity contribution in [2.24, 2.45) is 7.05 Å². The van der Waals surface area contributed by atoms with Crippen molar-refractivity contribution in [3.63, 3.8) is 0 Å². The number of carboxylic acids is 2. The van der Waals surface area contributed by atoms with Gasteiger partial charge >= 0.3 is 11.9 Å². The van der Waals surface area contributed by atoms with Crippen molar-refractivity contribution in [1.29, 1.82) is 0 Å². The summed E-state index contributed by atoms with van der Waals surface area (Å²) in [5.74, 6) is -3.35. The van der Waals surface area contributed by atoms with Crippen molar-refractivity contribution in [1.82, 2.24) is 50.1 Å². The number of ether oxygens (including phenoxy) is 1. The first-order chi connectivity index (χ1) is 41.1. The molecule has 0 saturated heterocycles. The lowest BCUT2D eigenvalue weighted by molar-refractivity contribution is 0.0680. The van der Waals surface area contributed by atoms with Crippen LogP contribution < -0.4 is 15.4 Å². The molecule has 0 saturated carbocycles. The summed E-state index contributed by atoms with van der Waals surface area (Å²) in [4.78, 5) is 73.5. The number of fused-ring (bicyclic) bond motifs is 4. The van der Waals surface area contributed by atoms with E-state index in [-0.39, 0.29) is 95.1 Å². The molecule has 6 heterocycles. The Morgan fingerprint density at radius 3 is 1.38 bits per heavy atom. The number of hydrogen-bond acceptors (Lipinski definition) is 14. The van der Waals surface area contributed by atoms with Crippen LogP contribution in [-0.2, 0) is 26.5 Å². The highest BCUT2D eigenvalue weighted by molar-refractivity contribution is 6.42. The maximum Gasteiger partial charge on any atom is 0.354 e. The molecular weight excluding hydrogens is 1280 g/mol. The quantitative estimate of drug-likeness (QED) is 0.0532. The van der Waals surface area contributed by atoms with E-state index < -0.39 is 11.9 Å². The van der Waals surface area contributed by atoms with Gasteiger partial charge in [0, 0.05) is 72.6 Å². The van der Waals surface area contributed by atoms with Gasteiger partial charge in [-0.05, 0) is 78.4 Å². The number of aromatic hydroxyl groups is 3. The number of carbonyl (C=O) groups excluding carboxylic acids is 2. The number of aromatic nitrogens is 8. The first-order valence-corrected chi connectivity index (χ1v) is 28.0. The monoisotopic (exact) mass is 1320 g/mol. The Balaban J connectivity index is 0.000000150. The zero-order valence-electron chi connectivity index (χ0n) is 44.1. The number of phenols is 3. The predicted molar refractivity (Wildman–Crippen MR) is 331 cm³/mol. The molecule has 0 spiro atoms. The van der Waals surface area contributed by atoms with Crippen molar-refractivity contribution in [2.75, 3.05) is 13.1 Å². The zero-order valence-corrected chi connectivity index (χ0v) is 50.1. The van der Waals surface area contributed by atoms with E-state index in [4.69, 9.17) is 108 Å². The second-order valence-electron chi connectivity index (χ2n) is 18.1. The Bertz CT molecular complexity index is 4370. The van der Waals surface area contributed by atoms with Crippen molar-refractivity contribution in [3.8, 4) is 23.0 Å². The SMILES string of the molecule is Cn1cnc(CCNC(=O)c2ccc3c(Cl)cc(Cl)c(O)c3n2)c1.O=C(NCCc1cnc[nH]1)c1ccc2c(Cl)cc(Cl)c(O)c2n1.O=C(O)c1ccc2c(Cl)cc(Cl)c(O)c2n1.O=C(O)c1ccc2c(Cl)cc(Cl)c(OCc3ccccc3)c2n1. The van der Waals surface area contributed by atoms with Gasteiger partial charge in [0.25, 0.3) is 11.8 Å².